The van der Waals surface area contributed by atoms with Crippen molar-refractivity contribution in [3.05, 3.63) is 36.3 Å². The molecule has 2 N–H and O–H groups in total. The summed E-state index contributed by atoms with van der Waals surface area (Å²) in [4.78, 5) is 45.5. The van der Waals surface area contributed by atoms with Gasteiger partial charge in [-0.15, -0.1) is 0 Å². The molecule has 3 aliphatic carbocycles. The summed E-state index contributed by atoms with van der Waals surface area (Å²) >= 11 is 0. The Kier molecular flexibility index (Phi) is 8.80. The van der Waals surface area contributed by atoms with Crippen molar-refractivity contribution in [2.45, 2.75) is 88.9 Å². The molecule has 248 valence electrons. The van der Waals surface area contributed by atoms with Crippen LogP contribution in [-0.2, 0) is 4.79 Å². The molecular weight excluding hydrogens is 580 g/mol. The summed E-state index contributed by atoms with van der Waals surface area (Å²) < 4.78 is 5.78. The van der Waals surface area contributed by atoms with Crippen LogP contribution in [0.5, 0.6) is 5.75 Å². The highest BCUT2D eigenvalue weighted by atomic mass is 16.5. The Morgan fingerprint density at radius 3 is 2.52 bits per heavy atom. The minimum atomic E-state index is -0.568. The van der Waals surface area contributed by atoms with Crippen LogP contribution in [0.1, 0.15) is 75.1 Å². The number of rotatable bonds is 8. The molecule has 1 spiro atoms. The molecule has 2 aliphatic heterocycles. The van der Waals surface area contributed by atoms with Gasteiger partial charge in [0, 0.05) is 69.5 Å². The van der Waals surface area contributed by atoms with E-state index < -0.39 is 5.41 Å². The molecule has 5 aliphatic rings. The zero-order valence-corrected chi connectivity index (χ0v) is 27.7. The van der Waals surface area contributed by atoms with Gasteiger partial charge in [0.2, 0.25) is 5.91 Å². The summed E-state index contributed by atoms with van der Waals surface area (Å²) in [6, 6.07) is 6.77. The zero-order chi connectivity index (χ0) is 31.8. The average molecular weight is 631 g/mol. The Balaban J connectivity index is 0.990. The fraction of sp³-hybridized carbons (Fsp3) is 0.657. The number of piperazine rings is 1. The molecule has 1 aromatic carbocycles. The topological polar surface area (TPSA) is 106 Å². The minimum absolute atomic E-state index is 0.0534. The number of hydrogen-bond acceptors (Lipinski definition) is 9. The summed E-state index contributed by atoms with van der Waals surface area (Å²) in [5.74, 6) is 1.51. The first-order chi connectivity index (χ1) is 22.4. The lowest BCUT2D eigenvalue weighted by Gasteiger charge is -2.41. The molecule has 1 saturated heterocycles. The number of aromatic nitrogens is 2. The molecule has 0 unspecified atom stereocenters. The molecular formula is C35H50N8O3. The standard InChI is InChI=1S/C35H50N8O3/c1-4-41-15-17-42(18-16-41)26-12-10-25(11-13-26)38-33(44)24-9-14-28(30(19-24)46-3)39-31-20-35(31)22-43(27-7-5-6-8-27)32-29(21-36-23-37-32)40(2)34(35)45/h9,14,19,21,23,25-27,31,39H,4-8,10-13,15-18,20,22H2,1-3H3,(H,38,44)/t25?,26?,31-,35-/m0/s1. The molecule has 2 amide bonds. The quantitative estimate of drug-likeness (QED) is 0.451. The predicted molar refractivity (Wildman–Crippen MR) is 180 cm³/mol. The highest BCUT2D eigenvalue weighted by Crippen LogP contribution is 2.54. The van der Waals surface area contributed by atoms with E-state index in [1.807, 2.05) is 25.2 Å². The third-order valence-corrected chi connectivity index (χ3v) is 11.5. The minimum Gasteiger partial charge on any atom is -0.495 e. The Morgan fingerprint density at radius 1 is 1.04 bits per heavy atom. The third kappa shape index (κ3) is 5.92. The van der Waals surface area contributed by atoms with E-state index in [2.05, 4.69) is 42.2 Å². The molecule has 46 heavy (non-hydrogen) atoms. The van der Waals surface area contributed by atoms with Crippen LogP contribution in [0.25, 0.3) is 0 Å². The van der Waals surface area contributed by atoms with Crippen molar-refractivity contribution >= 4 is 29.0 Å². The molecule has 7 rings (SSSR count). The van der Waals surface area contributed by atoms with Crippen molar-refractivity contribution in [1.82, 2.24) is 25.1 Å². The lowest BCUT2D eigenvalue weighted by atomic mass is 9.89. The number of hydrogen-bond donors (Lipinski definition) is 2. The largest absolute Gasteiger partial charge is 0.495 e. The van der Waals surface area contributed by atoms with Crippen LogP contribution < -0.4 is 25.2 Å². The van der Waals surface area contributed by atoms with Crippen molar-refractivity contribution in [3.8, 4) is 5.75 Å². The molecule has 0 bridgehead atoms. The van der Waals surface area contributed by atoms with Crippen LogP contribution in [0.15, 0.2) is 30.7 Å². The lowest BCUT2D eigenvalue weighted by molar-refractivity contribution is -0.123. The van der Waals surface area contributed by atoms with Gasteiger partial charge >= 0.3 is 0 Å². The molecule has 11 heteroatoms. The van der Waals surface area contributed by atoms with Gasteiger partial charge in [-0.25, -0.2) is 9.97 Å². The fourth-order valence-corrected chi connectivity index (χ4v) is 8.53. The number of fused-ring (bicyclic) bond motifs is 1. The normalized spacial score (nSPS) is 29.0. The molecule has 2 aromatic rings. The van der Waals surface area contributed by atoms with Crippen LogP contribution in [0.2, 0.25) is 0 Å². The second-order valence-electron chi connectivity index (χ2n) is 14.1. The van der Waals surface area contributed by atoms with Gasteiger partial charge in [-0.3, -0.25) is 14.5 Å². The number of ether oxygens (including phenoxy) is 1. The van der Waals surface area contributed by atoms with Crippen LogP contribution in [0.4, 0.5) is 17.2 Å². The number of carbonyl (C=O) groups is 2. The van der Waals surface area contributed by atoms with Crippen LogP contribution in [0.3, 0.4) is 0 Å². The van der Waals surface area contributed by atoms with Crippen LogP contribution >= 0.6 is 0 Å². The first-order valence-corrected chi connectivity index (χ1v) is 17.5. The molecule has 1 aromatic heterocycles. The van der Waals surface area contributed by atoms with Crippen molar-refractivity contribution in [2.75, 3.05) is 68.5 Å². The van der Waals surface area contributed by atoms with Crippen molar-refractivity contribution in [1.29, 1.82) is 0 Å². The van der Waals surface area contributed by atoms with Crippen molar-refractivity contribution in [2.24, 2.45) is 5.41 Å². The van der Waals surface area contributed by atoms with Crippen molar-refractivity contribution in [3.63, 3.8) is 0 Å². The Labute approximate surface area is 273 Å². The second kappa shape index (κ2) is 13.0. The number of anilines is 3. The molecule has 3 heterocycles. The average Bonchev–Trinajstić information content (AvgIpc) is 3.52. The summed E-state index contributed by atoms with van der Waals surface area (Å²) in [5, 5.41) is 6.92. The van der Waals surface area contributed by atoms with E-state index in [0.717, 1.165) is 94.9 Å². The first kappa shape index (κ1) is 31.2. The number of nitrogens with zero attached hydrogens (tertiary/aromatic N) is 6. The maximum atomic E-state index is 14.0. The highest BCUT2D eigenvalue weighted by Gasteiger charge is 2.64. The fourth-order valence-electron chi connectivity index (χ4n) is 8.53. The summed E-state index contributed by atoms with van der Waals surface area (Å²) in [7, 11) is 3.47. The molecule has 11 nitrogen and oxygen atoms in total. The van der Waals surface area contributed by atoms with Gasteiger partial charge in [-0.1, -0.05) is 19.8 Å². The SMILES string of the molecule is CCN1CCN(C2CCC(NC(=O)c3ccc(N[C@H]4C[C@]45CN(C4CCCC4)c4ncncc4N(C)C5=O)c(OC)c3)CC2)CC1. The van der Waals surface area contributed by atoms with Gasteiger partial charge < -0.3 is 30.1 Å². The number of nitrogens with one attached hydrogen (secondary N) is 2. The van der Waals surface area contributed by atoms with Crippen LogP contribution in [-0.4, -0.2) is 109 Å². The number of amides is 2. The van der Waals surface area contributed by atoms with Gasteiger partial charge in [0.25, 0.3) is 5.91 Å². The maximum absolute atomic E-state index is 14.0. The van der Waals surface area contributed by atoms with Gasteiger partial charge in [-0.2, -0.15) is 0 Å². The monoisotopic (exact) mass is 630 g/mol. The summed E-state index contributed by atoms with van der Waals surface area (Å²) in [6.45, 7) is 8.65. The molecule has 3 saturated carbocycles. The van der Waals surface area contributed by atoms with E-state index in [4.69, 9.17) is 4.74 Å². The maximum Gasteiger partial charge on any atom is 0.251 e. The number of benzene rings is 1. The van der Waals surface area contributed by atoms with E-state index in [0.29, 0.717) is 29.9 Å². The first-order valence-electron chi connectivity index (χ1n) is 17.5. The summed E-state index contributed by atoms with van der Waals surface area (Å²) in [5.41, 5.74) is 1.60. The Morgan fingerprint density at radius 2 is 1.80 bits per heavy atom. The molecule has 2 atom stereocenters. The number of methoxy groups -OCH3 is 1. The van der Waals surface area contributed by atoms with E-state index in [-0.39, 0.29) is 23.9 Å². The van der Waals surface area contributed by atoms with Gasteiger partial charge in [0.05, 0.1) is 24.4 Å². The van der Waals surface area contributed by atoms with Gasteiger partial charge in [0.1, 0.15) is 17.8 Å². The molecule has 0 radical (unpaired) electrons. The van der Waals surface area contributed by atoms with Gasteiger partial charge in [-0.05, 0) is 69.7 Å². The number of likely N-dealkylation sites (N-methyl/N-ethyl adjacent to an activating group) is 1. The van der Waals surface area contributed by atoms with E-state index in [1.165, 1.54) is 12.8 Å². The smallest absolute Gasteiger partial charge is 0.251 e. The van der Waals surface area contributed by atoms with Crippen molar-refractivity contribution < 1.29 is 14.3 Å². The number of carbonyl (C=O) groups excluding carboxylic acids is 2. The van der Waals surface area contributed by atoms with Crippen LogP contribution in [0, 0.1) is 5.41 Å². The van der Waals surface area contributed by atoms with E-state index in [9.17, 15) is 9.59 Å². The van der Waals surface area contributed by atoms with E-state index in [1.54, 1.807) is 24.5 Å². The lowest BCUT2D eigenvalue weighted by Crippen LogP contribution is -2.52. The Hall–Kier alpha value is -3.44. The predicted octanol–water partition coefficient (Wildman–Crippen LogP) is 3.76. The second-order valence-corrected chi connectivity index (χ2v) is 14.1. The van der Waals surface area contributed by atoms with Gasteiger partial charge in [0.15, 0.2) is 5.82 Å². The Bertz CT molecular complexity index is 1420. The highest BCUT2D eigenvalue weighted by molar-refractivity contribution is 6.04. The zero-order valence-electron chi connectivity index (χ0n) is 27.7. The van der Waals surface area contributed by atoms with E-state index >= 15 is 0 Å². The molecule has 4 fully saturated rings. The summed E-state index contributed by atoms with van der Waals surface area (Å²) in [6.07, 6.45) is 13.0. The third-order valence-electron chi connectivity index (χ3n) is 11.5.